The van der Waals surface area contributed by atoms with Crippen LogP contribution >= 0.6 is 11.6 Å². The number of hydrogen-bond acceptors (Lipinski definition) is 1. The lowest BCUT2D eigenvalue weighted by atomic mass is 9.89. The van der Waals surface area contributed by atoms with Crippen LogP contribution < -0.4 is 4.90 Å². The Balaban J connectivity index is 1.84. The van der Waals surface area contributed by atoms with E-state index in [1.165, 1.54) is 32.4 Å². The molecule has 0 saturated carbocycles. The molecule has 3 rings (SSSR count). The first-order chi connectivity index (χ1) is 11.2. The van der Waals surface area contributed by atoms with E-state index < -0.39 is 0 Å². The Morgan fingerprint density at radius 3 is 2.26 bits per heavy atom. The van der Waals surface area contributed by atoms with Crippen molar-refractivity contribution in [3.63, 3.8) is 0 Å². The fourth-order valence-electron chi connectivity index (χ4n) is 3.41. The highest BCUT2D eigenvalue weighted by atomic mass is 35.5. The first kappa shape index (κ1) is 16.2. The Morgan fingerprint density at radius 2 is 1.61 bits per heavy atom. The fourth-order valence-corrected chi connectivity index (χ4v) is 3.53. The monoisotopic (exact) mass is 328 g/mol. The second kappa shape index (κ2) is 7.76. The summed E-state index contributed by atoms with van der Waals surface area (Å²) in [5.74, 6) is 0.122. The minimum absolute atomic E-state index is 0.0783. The van der Waals surface area contributed by atoms with Gasteiger partial charge in [0.25, 0.3) is 0 Å². The number of nitrogens with one attached hydrogen (secondary N) is 1. The van der Waals surface area contributed by atoms with Crippen molar-refractivity contribution in [3.8, 4) is 0 Å². The molecule has 1 aliphatic rings. The molecule has 1 saturated heterocycles. The molecule has 0 aromatic heterocycles. The van der Waals surface area contributed by atoms with Crippen molar-refractivity contribution >= 4 is 17.4 Å². The summed E-state index contributed by atoms with van der Waals surface area (Å²) in [6.45, 7) is 3.24. The van der Waals surface area contributed by atoms with Crippen LogP contribution in [0.25, 0.3) is 0 Å². The molecule has 2 aromatic carbocycles. The molecule has 0 radical (unpaired) electrons. The molecule has 3 heteroatoms. The molecule has 2 nitrogen and oxygen atoms in total. The van der Waals surface area contributed by atoms with E-state index >= 15 is 0 Å². The van der Waals surface area contributed by atoms with Crippen molar-refractivity contribution < 1.29 is 9.69 Å². The van der Waals surface area contributed by atoms with Crippen molar-refractivity contribution in [2.75, 3.05) is 19.6 Å². The molecule has 1 N–H and O–H groups in total. The highest BCUT2D eigenvalue weighted by Gasteiger charge is 2.27. The SMILES string of the molecule is O=C(c1ccc(Cl)cc1)C(C[NH+]1CCCCC1)c1ccccc1. The minimum atomic E-state index is -0.0783. The molecule has 1 unspecified atom stereocenters. The van der Waals surface area contributed by atoms with Gasteiger partial charge in [0, 0.05) is 10.6 Å². The first-order valence-corrected chi connectivity index (χ1v) is 8.80. The predicted molar refractivity (Wildman–Crippen MR) is 94.4 cm³/mol. The van der Waals surface area contributed by atoms with E-state index in [0.29, 0.717) is 5.02 Å². The molecule has 1 atom stereocenters. The lowest BCUT2D eigenvalue weighted by Crippen LogP contribution is -3.13. The summed E-state index contributed by atoms with van der Waals surface area (Å²) in [6, 6.07) is 17.4. The van der Waals surface area contributed by atoms with Gasteiger partial charge in [-0.1, -0.05) is 41.9 Å². The van der Waals surface area contributed by atoms with Gasteiger partial charge < -0.3 is 4.90 Å². The quantitative estimate of drug-likeness (QED) is 0.835. The number of halogens is 1. The molecule has 1 fully saturated rings. The van der Waals surface area contributed by atoms with Gasteiger partial charge >= 0.3 is 0 Å². The van der Waals surface area contributed by atoms with Gasteiger partial charge in [0.15, 0.2) is 5.78 Å². The van der Waals surface area contributed by atoms with E-state index in [0.717, 1.165) is 17.7 Å². The Hall–Kier alpha value is -1.64. The average molecular weight is 329 g/mol. The summed E-state index contributed by atoms with van der Waals surface area (Å²) in [5, 5.41) is 0.666. The van der Waals surface area contributed by atoms with Crippen LogP contribution in [0.5, 0.6) is 0 Å². The summed E-state index contributed by atoms with van der Waals surface area (Å²) < 4.78 is 0. The van der Waals surface area contributed by atoms with Gasteiger partial charge in [0.05, 0.1) is 25.6 Å². The third-order valence-corrected chi connectivity index (χ3v) is 4.95. The molecule has 1 aliphatic heterocycles. The molecule has 0 amide bonds. The molecule has 0 bridgehead atoms. The van der Waals surface area contributed by atoms with E-state index in [1.54, 1.807) is 17.0 Å². The maximum atomic E-state index is 13.1. The van der Waals surface area contributed by atoms with Gasteiger partial charge in [-0.25, -0.2) is 0 Å². The second-order valence-electron chi connectivity index (χ2n) is 6.35. The number of ketones is 1. The number of Topliss-reactive ketones (excluding diaryl/α,β-unsaturated/α-hetero) is 1. The second-order valence-corrected chi connectivity index (χ2v) is 6.79. The van der Waals surface area contributed by atoms with Crippen LogP contribution in [0.4, 0.5) is 0 Å². The van der Waals surface area contributed by atoms with Crippen molar-refractivity contribution in [2.45, 2.75) is 25.2 Å². The van der Waals surface area contributed by atoms with Crippen molar-refractivity contribution in [2.24, 2.45) is 0 Å². The van der Waals surface area contributed by atoms with Gasteiger partial charge in [0.2, 0.25) is 0 Å². The van der Waals surface area contributed by atoms with E-state index in [1.807, 2.05) is 30.3 Å². The van der Waals surface area contributed by atoms with E-state index in [2.05, 4.69) is 12.1 Å². The smallest absolute Gasteiger partial charge is 0.175 e. The summed E-state index contributed by atoms with van der Waals surface area (Å²) in [6.07, 6.45) is 3.86. The standard InChI is InChI=1S/C20H22ClNO/c21-18-11-9-17(10-12-18)20(23)19(16-7-3-1-4-8-16)15-22-13-5-2-6-14-22/h1,3-4,7-12,19H,2,5-6,13-15H2/p+1. The summed E-state index contributed by atoms with van der Waals surface area (Å²) in [7, 11) is 0. The van der Waals surface area contributed by atoms with Crippen LogP contribution in [0, 0.1) is 0 Å². The van der Waals surface area contributed by atoms with Gasteiger partial charge in [-0.2, -0.15) is 0 Å². The van der Waals surface area contributed by atoms with Crippen molar-refractivity contribution in [1.29, 1.82) is 0 Å². The van der Waals surface area contributed by atoms with Gasteiger partial charge in [-0.15, -0.1) is 0 Å². The lowest BCUT2D eigenvalue weighted by molar-refractivity contribution is -0.905. The zero-order valence-corrected chi connectivity index (χ0v) is 14.1. The Kier molecular flexibility index (Phi) is 5.47. The van der Waals surface area contributed by atoms with Crippen LogP contribution in [0.2, 0.25) is 5.02 Å². The number of quaternary nitrogens is 1. The number of rotatable bonds is 5. The predicted octanol–water partition coefficient (Wildman–Crippen LogP) is 3.38. The maximum Gasteiger partial charge on any atom is 0.175 e. The van der Waals surface area contributed by atoms with Gasteiger partial charge in [-0.3, -0.25) is 4.79 Å². The molecule has 1 heterocycles. The molecule has 0 aliphatic carbocycles. The topological polar surface area (TPSA) is 21.5 Å². The van der Waals surface area contributed by atoms with Crippen LogP contribution in [0.1, 0.15) is 41.1 Å². The molecule has 0 spiro atoms. The number of carbonyl (C=O) groups excluding carboxylic acids is 1. The highest BCUT2D eigenvalue weighted by molar-refractivity contribution is 6.30. The van der Waals surface area contributed by atoms with E-state index in [4.69, 9.17) is 11.6 Å². The van der Waals surface area contributed by atoms with E-state index in [9.17, 15) is 4.79 Å². The molecular weight excluding hydrogens is 306 g/mol. The Morgan fingerprint density at radius 1 is 0.957 bits per heavy atom. The number of likely N-dealkylation sites (tertiary alicyclic amines) is 1. The Labute approximate surface area is 143 Å². The number of carbonyl (C=O) groups is 1. The van der Waals surface area contributed by atoms with Crippen molar-refractivity contribution in [1.82, 2.24) is 0 Å². The largest absolute Gasteiger partial charge is 0.334 e. The summed E-state index contributed by atoms with van der Waals surface area (Å²) >= 11 is 5.95. The molecule has 2 aromatic rings. The lowest BCUT2D eigenvalue weighted by Gasteiger charge is -2.27. The molecule has 23 heavy (non-hydrogen) atoms. The number of benzene rings is 2. The minimum Gasteiger partial charge on any atom is -0.334 e. The zero-order valence-electron chi connectivity index (χ0n) is 13.3. The van der Waals surface area contributed by atoms with Crippen LogP contribution in [-0.2, 0) is 0 Å². The third kappa shape index (κ3) is 4.21. The fraction of sp³-hybridized carbons (Fsp3) is 0.350. The van der Waals surface area contributed by atoms with Gasteiger partial charge in [-0.05, 0) is 49.1 Å². The zero-order chi connectivity index (χ0) is 16.1. The Bertz CT molecular complexity index is 632. The van der Waals surface area contributed by atoms with Crippen molar-refractivity contribution in [3.05, 3.63) is 70.7 Å². The normalized spacial score (nSPS) is 16.9. The van der Waals surface area contributed by atoms with Crippen LogP contribution in [0.15, 0.2) is 54.6 Å². The third-order valence-electron chi connectivity index (χ3n) is 4.70. The first-order valence-electron chi connectivity index (χ1n) is 8.42. The summed E-state index contributed by atoms with van der Waals surface area (Å²) in [4.78, 5) is 14.6. The molecule has 120 valence electrons. The molecular formula is C20H23ClNO+. The van der Waals surface area contributed by atoms with E-state index in [-0.39, 0.29) is 11.7 Å². The maximum absolute atomic E-state index is 13.1. The van der Waals surface area contributed by atoms with Crippen LogP contribution in [0.3, 0.4) is 0 Å². The van der Waals surface area contributed by atoms with Crippen LogP contribution in [-0.4, -0.2) is 25.4 Å². The van der Waals surface area contributed by atoms with Gasteiger partial charge in [0.1, 0.15) is 0 Å². The number of hydrogen-bond donors (Lipinski definition) is 1. The average Bonchev–Trinajstić information content (AvgIpc) is 2.61. The number of piperidine rings is 1. The summed E-state index contributed by atoms with van der Waals surface area (Å²) in [5.41, 5.74) is 1.87. The highest BCUT2D eigenvalue weighted by Crippen LogP contribution is 2.21.